The number of hydrogen-bond donors (Lipinski definition) is 1. The molecule has 0 bridgehead atoms. The van der Waals surface area contributed by atoms with E-state index in [2.05, 4.69) is 18.2 Å². The summed E-state index contributed by atoms with van der Waals surface area (Å²) in [7, 11) is 0. The monoisotopic (exact) mass is 186 g/mol. The fourth-order valence-corrected chi connectivity index (χ4v) is 1.16. The summed E-state index contributed by atoms with van der Waals surface area (Å²) in [6, 6.07) is 0. The zero-order valence-corrected chi connectivity index (χ0v) is 8.16. The summed E-state index contributed by atoms with van der Waals surface area (Å²) in [5.74, 6) is -0.458. The first-order chi connectivity index (χ1) is 6.26. The first-order valence-electron chi connectivity index (χ1n) is 4.68. The van der Waals surface area contributed by atoms with Crippen LogP contribution >= 0.6 is 0 Å². The summed E-state index contributed by atoms with van der Waals surface area (Å²) in [5, 5.41) is 8.72. The lowest BCUT2D eigenvalue weighted by atomic mass is 9.99. The van der Waals surface area contributed by atoms with Gasteiger partial charge in [0.25, 0.3) is 0 Å². The molecule has 0 saturated carbocycles. The van der Waals surface area contributed by atoms with Crippen LogP contribution in [0.3, 0.4) is 0 Å². The van der Waals surface area contributed by atoms with E-state index in [-0.39, 0.29) is 18.5 Å². The van der Waals surface area contributed by atoms with Gasteiger partial charge in [-0.3, -0.25) is 4.79 Å². The number of ether oxygens (including phenoxy) is 1. The largest absolute Gasteiger partial charge is 0.435 e. The minimum Gasteiger partial charge on any atom is -0.435 e. The Hall–Kier alpha value is -0.830. The van der Waals surface area contributed by atoms with E-state index < -0.39 is 0 Å². The van der Waals surface area contributed by atoms with Crippen LogP contribution in [0.25, 0.3) is 0 Å². The zero-order chi connectivity index (χ0) is 10.1. The van der Waals surface area contributed by atoms with Crippen LogP contribution in [0.15, 0.2) is 12.8 Å². The van der Waals surface area contributed by atoms with Gasteiger partial charge in [0.2, 0.25) is 0 Å². The molecule has 0 spiro atoms. The number of hydrogen-bond acceptors (Lipinski definition) is 3. The van der Waals surface area contributed by atoms with Gasteiger partial charge < -0.3 is 9.84 Å². The Morgan fingerprint density at radius 2 is 2.31 bits per heavy atom. The Bertz CT molecular complexity index is 154. The Balaban J connectivity index is 3.90. The molecule has 13 heavy (non-hydrogen) atoms. The van der Waals surface area contributed by atoms with Gasteiger partial charge >= 0.3 is 5.97 Å². The quantitative estimate of drug-likeness (QED) is 0.487. The second kappa shape index (κ2) is 7.80. The number of esters is 1. The van der Waals surface area contributed by atoms with Gasteiger partial charge in [-0.25, -0.2) is 0 Å². The molecule has 0 aromatic heterocycles. The summed E-state index contributed by atoms with van der Waals surface area (Å²) in [6.07, 6.45) is 4.43. The third kappa shape index (κ3) is 5.42. The van der Waals surface area contributed by atoms with Crippen LogP contribution in [0.1, 0.15) is 32.6 Å². The smallest absolute Gasteiger partial charge is 0.313 e. The third-order valence-electron chi connectivity index (χ3n) is 1.92. The minimum absolute atomic E-state index is 0.0284. The normalized spacial score (nSPS) is 12.2. The van der Waals surface area contributed by atoms with Gasteiger partial charge in [-0.1, -0.05) is 26.3 Å². The van der Waals surface area contributed by atoms with Crippen molar-refractivity contribution in [1.29, 1.82) is 0 Å². The van der Waals surface area contributed by atoms with Crippen molar-refractivity contribution in [3.63, 3.8) is 0 Å². The highest BCUT2D eigenvalue weighted by Gasteiger charge is 2.17. The van der Waals surface area contributed by atoms with Gasteiger partial charge in [-0.2, -0.15) is 0 Å². The number of unbranched alkanes of at least 4 members (excludes halogenated alkanes) is 1. The first kappa shape index (κ1) is 12.2. The van der Waals surface area contributed by atoms with E-state index in [1.807, 2.05) is 0 Å². The fourth-order valence-electron chi connectivity index (χ4n) is 1.16. The maximum atomic E-state index is 11.2. The number of aliphatic hydroxyl groups is 1. The molecule has 1 unspecified atom stereocenters. The molecule has 0 rings (SSSR count). The van der Waals surface area contributed by atoms with E-state index >= 15 is 0 Å². The minimum atomic E-state index is -0.280. The SMILES string of the molecule is C=COC(=O)C(CCO)CCCC. The highest BCUT2D eigenvalue weighted by atomic mass is 16.5. The van der Waals surface area contributed by atoms with E-state index in [0.717, 1.165) is 25.5 Å². The maximum Gasteiger partial charge on any atom is 0.313 e. The molecule has 0 aromatic rings. The molecule has 0 aliphatic heterocycles. The molecule has 3 heteroatoms. The number of carbonyl (C=O) groups is 1. The number of rotatable bonds is 7. The molecule has 1 N–H and O–H groups in total. The lowest BCUT2D eigenvalue weighted by Gasteiger charge is -2.11. The molecule has 0 radical (unpaired) electrons. The van der Waals surface area contributed by atoms with Crippen LogP contribution in [0.5, 0.6) is 0 Å². The lowest BCUT2D eigenvalue weighted by Crippen LogP contribution is -2.17. The van der Waals surface area contributed by atoms with Crippen LogP contribution < -0.4 is 0 Å². The Morgan fingerprint density at radius 3 is 2.77 bits per heavy atom. The molecular formula is C10H18O3. The molecule has 76 valence electrons. The maximum absolute atomic E-state index is 11.2. The molecule has 0 heterocycles. The van der Waals surface area contributed by atoms with Gasteiger partial charge in [0, 0.05) is 6.61 Å². The molecule has 0 amide bonds. The predicted molar refractivity (Wildman–Crippen MR) is 51.0 cm³/mol. The molecule has 3 nitrogen and oxygen atoms in total. The molecule has 0 aromatic carbocycles. The Labute approximate surface area is 79.4 Å². The van der Waals surface area contributed by atoms with Gasteiger partial charge in [0.05, 0.1) is 12.2 Å². The van der Waals surface area contributed by atoms with E-state index in [0.29, 0.717) is 6.42 Å². The van der Waals surface area contributed by atoms with E-state index in [1.165, 1.54) is 0 Å². The summed E-state index contributed by atoms with van der Waals surface area (Å²) in [5.41, 5.74) is 0. The van der Waals surface area contributed by atoms with Crippen LogP contribution in [0.4, 0.5) is 0 Å². The summed E-state index contributed by atoms with van der Waals surface area (Å²) in [4.78, 5) is 11.2. The van der Waals surface area contributed by atoms with Gasteiger partial charge in [0.15, 0.2) is 0 Å². The first-order valence-corrected chi connectivity index (χ1v) is 4.68. The predicted octanol–water partition coefficient (Wildman–Crippen LogP) is 1.86. The molecule has 0 fully saturated rings. The van der Waals surface area contributed by atoms with Crippen molar-refractivity contribution >= 4 is 5.97 Å². The van der Waals surface area contributed by atoms with Gasteiger partial charge in [0.1, 0.15) is 0 Å². The van der Waals surface area contributed by atoms with Gasteiger partial charge in [-0.05, 0) is 12.8 Å². The molecule has 0 aliphatic carbocycles. The van der Waals surface area contributed by atoms with Crippen molar-refractivity contribution in [2.45, 2.75) is 32.6 Å². The summed E-state index contributed by atoms with van der Waals surface area (Å²) < 4.78 is 4.67. The van der Waals surface area contributed by atoms with Crippen LogP contribution in [-0.2, 0) is 9.53 Å². The van der Waals surface area contributed by atoms with Crippen molar-refractivity contribution < 1.29 is 14.6 Å². The molecule has 0 aliphatic rings. The third-order valence-corrected chi connectivity index (χ3v) is 1.92. The van der Waals surface area contributed by atoms with Crippen molar-refractivity contribution in [3.05, 3.63) is 12.8 Å². The lowest BCUT2D eigenvalue weighted by molar-refractivity contribution is -0.143. The van der Waals surface area contributed by atoms with Gasteiger partial charge in [-0.15, -0.1) is 0 Å². The molecule has 1 atom stereocenters. The Kier molecular flexibility index (Phi) is 7.30. The highest BCUT2D eigenvalue weighted by Crippen LogP contribution is 2.14. The summed E-state index contributed by atoms with van der Waals surface area (Å²) in [6.45, 7) is 5.41. The van der Waals surface area contributed by atoms with Crippen molar-refractivity contribution in [3.8, 4) is 0 Å². The van der Waals surface area contributed by atoms with Crippen molar-refractivity contribution in [2.24, 2.45) is 5.92 Å². The van der Waals surface area contributed by atoms with Crippen LogP contribution in [0.2, 0.25) is 0 Å². The summed E-state index contributed by atoms with van der Waals surface area (Å²) >= 11 is 0. The van der Waals surface area contributed by atoms with Crippen molar-refractivity contribution in [2.75, 3.05) is 6.61 Å². The average Bonchev–Trinajstić information content (AvgIpc) is 2.12. The number of aliphatic hydroxyl groups excluding tert-OH is 1. The number of carbonyl (C=O) groups excluding carboxylic acids is 1. The van der Waals surface area contributed by atoms with Crippen LogP contribution in [0, 0.1) is 5.92 Å². The fraction of sp³-hybridized carbons (Fsp3) is 0.700. The topological polar surface area (TPSA) is 46.5 Å². The van der Waals surface area contributed by atoms with E-state index in [1.54, 1.807) is 0 Å². The Morgan fingerprint density at radius 1 is 1.62 bits per heavy atom. The van der Waals surface area contributed by atoms with E-state index in [9.17, 15) is 4.79 Å². The molecular weight excluding hydrogens is 168 g/mol. The van der Waals surface area contributed by atoms with Crippen LogP contribution in [-0.4, -0.2) is 17.7 Å². The second-order valence-electron chi connectivity index (χ2n) is 2.95. The average molecular weight is 186 g/mol. The second-order valence-corrected chi connectivity index (χ2v) is 2.95. The standard InChI is InChI=1S/C10H18O3/c1-3-5-6-9(7-8-11)10(12)13-4-2/h4,9,11H,2-3,5-8H2,1H3. The molecule has 0 saturated heterocycles. The highest BCUT2D eigenvalue weighted by molar-refractivity contribution is 5.72. The van der Waals surface area contributed by atoms with Crippen molar-refractivity contribution in [1.82, 2.24) is 0 Å². The zero-order valence-electron chi connectivity index (χ0n) is 8.16. The van der Waals surface area contributed by atoms with E-state index in [4.69, 9.17) is 5.11 Å².